The predicted octanol–water partition coefficient (Wildman–Crippen LogP) is 3.08. The number of fused-ring (bicyclic) bond motifs is 1. The molecule has 2 fully saturated rings. The molecule has 2 saturated heterocycles. The van der Waals surface area contributed by atoms with Crippen LogP contribution in [0.2, 0.25) is 0 Å². The van der Waals surface area contributed by atoms with Crippen LogP contribution in [-0.4, -0.2) is 59.8 Å². The van der Waals surface area contributed by atoms with Crippen LogP contribution in [0.1, 0.15) is 19.8 Å². The number of morpholine rings is 1. The first kappa shape index (κ1) is 16.2. The molecule has 4 rings (SSSR count). The molecule has 5 nitrogen and oxygen atoms in total. The van der Waals surface area contributed by atoms with E-state index in [4.69, 9.17) is 4.74 Å². The van der Waals surface area contributed by atoms with E-state index in [1.165, 1.54) is 12.8 Å². The van der Waals surface area contributed by atoms with Gasteiger partial charge in [0.05, 0.1) is 18.2 Å². The van der Waals surface area contributed by atoms with Crippen LogP contribution in [-0.2, 0) is 4.74 Å². The Balaban J connectivity index is 1.49. The average molecular weight is 391 g/mol. The molecule has 1 aromatic heterocycles. The topological polar surface area (TPSA) is 41.5 Å². The molecule has 6 heteroatoms. The van der Waals surface area contributed by atoms with Crippen molar-refractivity contribution in [2.45, 2.75) is 31.9 Å². The van der Waals surface area contributed by atoms with E-state index in [1.54, 1.807) is 6.33 Å². The monoisotopic (exact) mass is 390 g/mol. The Morgan fingerprint density at radius 2 is 2.00 bits per heavy atom. The minimum atomic E-state index is 0.361. The number of rotatable bonds is 2. The molecule has 0 bridgehead atoms. The Morgan fingerprint density at radius 3 is 2.79 bits per heavy atom. The maximum Gasteiger partial charge on any atom is 0.139 e. The lowest BCUT2D eigenvalue weighted by Gasteiger charge is -2.42. The fraction of sp³-hybridized carbons (Fsp3) is 0.556. The predicted molar refractivity (Wildman–Crippen MR) is 99.5 cm³/mol. The number of halogens is 1. The van der Waals surface area contributed by atoms with Gasteiger partial charge < -0.3 is 9.64 Å². The van der Waals surface area contributed by atoms with E-state index in [1.807, 2.05) is 12.1 Å². The smallest absolute Gasteiger partial charge is 0.139 e. The minimum Gasteiger partial charge on any atom is -0.376 e. The van der Waals surface area contributed by atoms with E-state index in [0.717, 1.165) is 54.0 Å². The lowest BCUT2D eigenvalue weighted by Crippen LogP contribution is -2.51. The number of hydrogen-bond acceptors (Lipinski definition) is 5. The third-order valence-electron chi connectivity index (χ3n) is 5.13. The first-order chi connectivity index (χ1) is 11.7. The summed E-state index contributed by atoms with van der Waals surface area (Å²) in [5.41, 5.74) is 1.01. The minimum absolute atomic E-state index is 0.361. The maximum atomic E-state index is 5.68. The van der Waals surface area contributed by atoms with Crippen molar-refractivity contribution in [3.05, 3.63) is 29.0 Å². The summed E-state index contributed by atoms with van der Waals surface area (Å²) in [6.07, 6.45) is 4.42. The van der Waals surface area contributed by atoms with Gasteiger partial charge in [0.1, 0.15) is 12.1 Å². The van der Waals surface area contributed by atoms with Crippen LogP contribution < -0.4 is 4.90 Å². The standard InChI is InChI=1S/C18H23BrN4O/c1-13-11-23(8-9-24-13)15-4-6-22(7-5-15)18-16-10-14(19)2-3-17(16)20-12-21-18/h2-3,10,12-13,15H,4-9,11H2,1H3. The molecule has 0 saturated carbocycles. The number of nitrogens with zero attached hydrogens (tertiary/aromatic N) is 4. The van der Waals surface area contributed by atoms with Gasteiger partial charge >= 0.3 is 0 Å². The molecule has 2 aliphatic rings. The second kappa shape index (κ2) is 6.94. The van der Waals surface area contributed by atoms with E-state index in [-0.39, 0.29) is 0 Å². The number of anilines is 1. The van der Waals surface area contributed by atoms with Crippen molar-refractivity contribution in [3.63, 3.8) is 0 Å². The highest BCUT2D eigenvalue weighted by atomic mass is 79.9. The third-order valence-corrected chi connectivity index (χ3v) is 5.62. The fourth-order valence-corrected chi connectivity index (χ4v) is 4.25. The van der Waals surface area contributed by atoms with Crippen molar-refractivity contribution >= 4 is 32.7 Å². The van der Waals surface area contributed by atoms with Gasteiger partial charge in [-0.3, -0.25) is 4.90 Å². The fourth-order valence-electron chi connectivity index (χ4n) is 3.89. The molecule has 2 aliphatic heterocycles. The lowest BCUT2D eigenvalue weighted by atomic mass is 10.0. The van der Waals surface area contributed by atoms with Crippen LogP contribution in [0, 0.1) is 0 Å². The van der Waals surface area contributed by atoms with E-state index >= 15 is 0 Å². The van der Waals surface area contributed by atoms with Crippen molar-refractivity contribution in [2.24, 2.45) is 0 Å². The normalized spacial score (nSPS) is 23.8. The van der Waals surface area contributed by atoms with Crippen molar-refractivity contribution in [2.75, 3.05) is 37.7 Å². The van der Waals surface area contributed by atoms with Gasteiger partial charge in [-0.2, -0.15) is 0 Å². The molecule has 128 valence electrons. The van der Waals surface area contributed by atoms with Gasteiger partial charge in [0, 0.05) is 42.1 Å². The van der Waals surface area contributed by atoms with E-state index in [2.05, 4.69) is 48.7 Å². The van der Waals surface area contributed by atoms with Crippen molar-refractivity contribution in [1.29, 1.82) is 0 Å². The SMILES string of the molecule is CC1CN(C2CCN(c3ncnc4ccc(Br)cc34)CC2)CCO1. The molecule has 0 amide bonds. The van der Waals surface area contributed by atoms with Gasteiger partial charge in [0.25, 0.3) is 0 Å². The number of benzene rings is 1. The quantitative estimate of drug-likeness (QED) is 0.787. The van der Waals surface area contributed by atoms with Gasteiger partial charge in [-0.25, -0.2) is 9.97 Å². The molecular formula is C18H23BrN4O. The molecule has 0 aliphatic carbocycles. The molecule has 1 unspecified atom stereocenters. The molecule has 3 heterocycles. The second-order valence-electron chi connectivity index (χ2n) is 6.75. The largest absolute Gasteiger partial charge is 0.376 e. The zero-order chi connectivity index (χ0) is 16.5. The summed E-state index contributed by atoms with van der Waals surface area (Å²) in [4.78, 5) is 14.0. The molecular weight excluding hydrogens is 368 g/mol. The van der Waals surface area contributed by atoms with Gasteiger partial charge in [0.2, 0.25) is 0 Å². The van der Waals surface area contributed by atoms with Crippen LogP contribution >= 0.6 is 15.9 Å². The number of aromatic nitrogens is 2. The highest BCUT2D eigenvalue weighted by Crippen LogP contribution is 2.29. The van der Waals surface area contributed by atoms with Crippen molar-refractivity contribution in [3.8, 4) is 0 Å². The first-order valence-electron chi connectivity index (χ1n) is 8.71. The molecule has 0 N–H and O–H groups in total. The number of piperidine rings is 1. The van der Waals surface area contributed by atoms with Crippen molar-refractivity contribution < 1.29 is 4.74 Å². The molecule has 24 heavy (non-hydrogen) atoms. The van der Waals surface area contributed by atoms with Gasteiger partial charge in [-0.15, -0.1) is 0 Å². The summed E-state index contributed by atoms with van der Waals surface area (Å²) in [6.45, 7) is 7.27. The number of hydrogen-bond donors (Lipinski definition) is 0. The van der Waals surface area contributed by atoms with Crippen LogP contribution in [0.15, 0.2) is 29.0 Å². The summed E-state index contributed by atoms with van der Waals surface area (Å²) in [6, 6.07) is 6.88. The summed E-state index contributed by atoms with van der Waals surface area (Å²) >= 11 is 3.57. The number of ether oxygens (including phenoxy) is 1. The Kier molecular flexibility index (Phi) is 4.70. The summed E-state index contributed by atoms with van der Waals surface area (Å²) in [7, 11) is 0. The Labute approximate surface area is 151 Å². The second-order valence-corrected chi connectivity index (χ2v) is 7.67. The van der Waals surface area contributed by atoms with Gasteiger partial charge in [-0.05, 0) is 38.0 Å². The molecule has 1 aromatic carbocycles. The Hall–Kier alpha value is -1.24. The summed E-state index contributed by atoms with van der Waals surface area (Å²) < 4.78 is 6.75. The molecule has 1 atom stereocenters. The Bertz CT molecular complexity index is 717. The van der Waals surface area contributed by atoms with Crippen molar-refractivity contribution in [1.82, 2.24) is 14.9 Å². The zero-order valence-corrected chi connectivity index (χ0v) is 15.6. The summed E-state index contributed by atoms with van der Waals surface area (Å²) in [5, 5.41) is 1.13. The zero-order valence-electron chi connectivity index (χ0n) is 14.0. The van der Waals surface area contributed by atoms with Crippen LogP contribution in [0.4, 0.5) is 5.82 Å². The molecule has 2 aromatic rings. The van der Waals surface area contributed by atoms with Crippen LogP contribution in [0.3, 0.4) is 0 Å². The summed E-state index contributed by atoms with van der Waals surface area (Å²) in [5.74, 6) is 1.06. The van der Waals surface area contributed by atoms with E-state index in [9.17, 15) is 0 Å². The highest BCUT2D eigenvalue weighted by Gasteiger charge is 2.28. The molecule has 0 spiro atoms. The average Bonchev–Trinajstić information content (AvgIpc) is 2.61. The first-order valence-corrected chi connectivity index (χ1v) is 9.51. The van der Waals surface area contributed by atoms with Gasteiger partial charge in [0.15, 0.2) is 0 Å². The Morgan fingerprint density at radius 1 is 1.17 bits per heavy atom. The van der Waals surface area contributed by atoms with E-state index in [0.29, 0.717) is 12.1 Å². The lowest BCUT2D eigenvalue weighted by molar-refractivity contribution is -0.0373. The third kappa shape index (κ3) is 3.27. The van der Waals surface area contributed by atoms with E-state index < -0.39 is 0 Å². The van der Waals surface area contributed by atoms with Crippen LogP contribution in [0.25, 0.3) is 10.9 Å². The molecule has 0 radical (unpaired) electrons. The highest BCUT2D eigenvalue weighted by molar-refractivity contribution is 9.10. The van der Waals surface area contributed by atoms with Crippen LogP contribution in [0.5, 0.6) is 0 Å². The van der Waals surface area contributed by atoms with Gasteiger partial charge in [-0.1, -0.05) is 15.9 Å². The maximum absolute atomic E-state index is 5.68.